The van der Waals surface area contributed by atoms with Crippen LogP contribution in [0.5, 0.6) is 0 Å². The van der Waals surface area contributed by atoms with Crippen LogP contribution in [0.25, 0.3) is 11.3 Å². The number of pyridine rings is 1. The SMILES string of the molecule is NC1CCC(Nc2ncc(Cl)c(-c3ccnc(NCC4CC4)c3)n2)CC1. The van der Waals surface area contributed by atoms with Crippen molar-refractivity contribution in [2.24, 2.45) is 11.7 Å². The van der Waals surface area contributed by atoms with Gasteiger partial charge in [-0.2, -0.15) is 0 Å². The summed E-state index contributed by atoms with van der Waals surface area (Å²) in [7, 11) is 0. The molecule has 0 bridgehead atoms. The van der Waals surface area contributed by atoms with Gasteiger partial charge in [0, 0.05) is 30.4 Å². The molecule has 0 spiro atoms. The van der Waals surface area contributed by atoms with E-state index in [1.54, 1.807) is 12.4 Å². The number of nitrogens with zero attached hydrogens (tertiary/aromatic N) is 3. The summed E-state index contributed by atoms with van der Waals surface area (Å²) in [4.78, 5) is 13.4. The molecule has 2 saturated carbocycles. The third kappa shape index (κ3) is 4.43. The molecule has 0 atom stereocenters. The first-order valence-electron chi connectivity index (χ1n) is 9.42. The molecule has 0 unspecified atom stereocenters. The number of aromatic nitrogens is 3. The second-order valence-electron chi connectivity index (χ2n) is 7.40. The Morgan fingerprint density at radius 1 is 1.12 bits per heavy atom. The lowest BCUT2D eigenvalue weighted by Gasteiger charge is -2.26. The highest BCUT2D eigenvalue weighted by Gasteiger charge is 2.21. The van der Waals surface area contributed by atoms with Gasteiger partial charge in [0.25, 0.3) is 0 Å². The highest BCUT2D eigenvalue weighted by Crippen LogP contribution is 2.30. The monoisotopic (exact) mass is 372 g/mol. The summed E-state index contributed by atoms with van der Waals surface area (Å²) >= 11 is 6.37. The van der Waals surface area contributed by atoms with Crippen LogP contribution in [-0.4, -0.2) is 33.6 Å². The van der Waals surface area contributed by atoms with Crippen molar-refractivity contribution >= 4 is 23.4 Å². The third-order valence-electron chi connectivity index (χ3n) is 5.15. The Kier molecular flexibility index (Phi) is 5.22. The summed E-state index contributed by atoms with van der Waals surface area (Å²) in [6.07, 6.45) is 10.3. The number of halogens is 1. The third-order valence-corrected chi connectivity index (χ3v) is 5.43. The van der Waals surface area contributed by atoms with Crippen molar-refractivity contribution in [2.75, 3.05) is 17.2 Å². The second-order valence-corrected chi connectivity index (χ2v) is 7.81. The fourth-order valence-corrected chi connectivity index (χ4v) is 3.53. The minimum absolute atomic E-state index is 0.327. The maximum Gasteiger partial charge on any atom is 0.223 e. The van der Waals surface area contributed by atoms with E-state index in [4.69, 9.17) is 17.3 Å². The number of nitrogens with two attached hydrogens (primary N) is 1. The number of hydrogen-bond acceptors (Lipinski definition) is 6. The standard InChI is InChI=1S/C19H25ClN6/c20-16-11-24-19(25-15-5-3-14(21)4-6-15)26-18(16)13-7-8-22-17(9-13)23-10-12-1-2-12/h7-9,11-12,14-15H,1-6,10,21H2,(H,22,23)(H,24,25,26). The molecule has 2 heterocycles. The number of hydrogen-bond donors (Lipinski definition) is 3. The zero-order valence-corrected chi connectivity index (χ0v) is 15.5. The van der Waals surface area contributed by atoms with Gasteiger partial charge in [0.1, 0.15) is 5.82 Å². The van der Waals surface area contributed by atoms with Gasteiger partial charge >= 0.3 is 0 Å². The first kappa shape index (κ1) is 17.5. The average molecular weight is 373 g/mol. The Bertz CT molecular complexity index is 755. The molecule has 0 radical (unpaired) electrons. The topological polar surface area (TPSA) is 88.8 Å². The highest BCUT2D eigenvalue weighted by atomic mass is 35.5. The van der Waals surface area contributed by atoms with E-state index in [9.17, 15) is 0 Å². The molecule has 6 nitrogen and oxygen atoms in total. The molecule has 138 valence electrons. The van der Waals surface area contributed by atoms with Gasteiger partial charge in [-0.15, -0.1) is 0 Å². The van der Waals surface area contributed by atoms with Crippen molar-refractivity contribution in [1.29, 1.82) is 0 Å². The van der Waals surface area contributed by atoms with Crippen LogP contribution >= 0.6 is 11.6 Å². The van der Waals surface area contributed by atoms with Gasteiger partial charge in [0.2, 0.25) is 5.95 Å². The lowest BCUT2D eigenvalue weighted by atomic mass is 9.92. The van der Waals surface area contributed by atoms with Gasteiger partial charge in [-0.1, -0.05) is 11.6 Å². The summed E-state index contributed by atoms with van der Waals surface area (Å²) < 4.78 is 0. The Hall–Kier alpha value is -1.92. The van der Waals surface area contributed by atoms with Crippen molar-refractivity contribution in [2.45, 2.75) is 50.6 Å². The van der Waals surface area contributed by atoms with Crippen LogP contribution in [-0.2, 0) is 0 Å². The molecule has 2 aromatic rings. The molecule has 0 aliphatic heterocycles. The van der Waals surface area contributed by atoms with Gasteiger partial charge in [-0.25, -0.2) is 15.0 Å². The summed E-state index contributed by atoms with van der Waals surface area (Å²) in [5, 5.41) is 7.37. The van der Waals surface area contributed by atoms with Crippen molar-refractivity contribution in [3.8, 4) is 11.3 Å². The molecule has 2 aromatic heterocycles. The lowest BCUT2D eigenvalue weighted by molar-refractivity contribution is 0.410. The maximum absolute atomic E-state index is 6.37. The summed E-state index contributed by atoms with van der Waals surface area (Å²) in [6, 6.07) is 4.63. The first-order chi connectivity index (χ1) is 12.7. The van der Waals surface area contributed by atoms with E-state index in [0.717, 1.165) is 55.2 Å². The van der Waals surface area contributed by atoms with Crippen LogP contribution in [0, 0.1) is 5.92 Å². The quantitative estimate of drug-likeness (QED) is 0.716. The minimum atomic E-state index is 0.327. The van der Waals surface area contributed by atoms with Gasteiger partial charge in [-0.3, -0.25) is 0 Å². The van der Waals surface area contributed by atoms with Crippen molar-refractivity contribution in [1.82, 2.24) is 15.0 Å². The van der Waals surface area contributed by atoms with E-state index in [0.29, 0.717) is 23.1 Å². The molecule has 0 aromatic carbocycles. The van der Waals surface area contributed by atoms with Gasteiger partial charge in [0.05, 0.1) is 16.9 Å². The number of anilines is 2. The molecule has 4 N–H and O–H groups in total. The average Bonchev–Trinajstić information content (AvgIpc) is 3.48. The van der Waals surface area contributed by atoms with Crippen molar-refractivity contribution in [3.05, 3.63) is 29.5 Å². The van der Waals surface area contributed by atoms with Crippen LogP contribution < -0.4 is 16.4 Å². The van der Waals surface area contributed by atoms with E-state index < -0.39 is 0 Å². The van der Waals surface area contributed by atoms with Gasteiger partial charge < -0.3 is 16.4 Å². The largest absolute Gasteiger partial charge is 0.370 e. The predicted molar refractivity (Wildman–Crippen MR) is 105 cm³/mol. The normalized spacial score (nSPS) is 22.8. The number of nitrogens with one attached hydrogen (secondary N) is 2. The molecule has 7 heteroatoms. The second kappa shape index (κ2) is 7.76. The van der Waals surface area contributed by atoms with Crippen LogP contribution in [0.1, 0.15) is 38.5 Å². The van der Waals surface area contributed by atoms with Crippen LogP contribution in [0.2, 0.25) is 5.02 Å². The zero-order chi connectivity index (χ0) is 17.9. The first-order valence-corrected chi connectivity index (χ1v) is 9.80. The smallest absolute Gasteiger partial charge is 0.223 e. The van der Waals surface area contributed by atoms with Crippen molar-refractivity contribution in [3.63, 3.8) is 0 Å². The van der Waals surface area contributed by atoms with E-state index in [-0.39, 0.29) is 0 Å². The fourth-order valence-electron chi connectivity index (χ4n) is 3.33. The van der Waals surface area contributed by atoms with Crippen LogP contribution in [0.4, 0.5) is 11.8 Å². The Labute approximate surface area is 159 Å². The molecule has 2 aliphatic carbocycles. The Morgan fingerprint density at radius 3 is 2.69 bits per heavy atom. The van der Waals surface area contributed by atoms with Crippen molar-refractivity contribution < 1.29 is 0 Å². The number of rotatable bonds is 6. The lowest BCUT2D eigenvalue weighted by Crippen LogP contribution is -2.33. The van der Waals surface area contributed by atoms with E-state index in [1.165, 1.54) is 12.8 Å². The molecule has 2 aliphatic rings. The summed E-state index contributed by atoms with van der Waals surface area (Å²) in [5.41, 5.74) is 7.66. The fraction of sp³-hybridized carbons (Fsp3) is 0.526. The molecule has 4 rings (SSSR count). The van der Waals surface area contributed by atoms with Crippen LogP contribution in [0.3, 0.4) is 0 Å². The summed E-state index contributed by atoms with van der Waals surface area (Å²) in [5.74, 6) is 2.27. The molecule has 2 fully saturated rings. The maximum atomic E-state index is 6.37. The molecular weight excluding hydrogens is 348 g/mol. The predicted octanol–water partition coefficient (Wildman–Crippen LogP) is 3.70. The highest BCUT2D eigenvalue weighted by molar-refractivity contribution is 6.32. The molecule has 26 heavy (non-hydrogen) atoms. The van der Waals surface area contributed by atoms with E-state index in [1.807, 2.05) is 12.1 Å². The van der Waals surface area contributed by atoms with Crippen LogP contribution in [0.15, 0.2) is 24.5 Å². The van der Waals surface area contributed by atoms with Gasteiger partial charge in [-0.05, 0) is 56.6 Å². The Morgan fingerprint density at radius 2 is 1.92 bits per heavy atom. The molecule has 0 amide bonds. The molecular formula is C19H25ClN6. The molecule has 0 saturated heterocycles. The minimum Gasteiger partial charge on any atom is -0.370 e. The van der Waals surface area contributed by atoms with E-state index in [2.05, 4.69) is 25.6 Å². The summed E-state index contributed by atoms with van der Waals surface area (Å²) in [6.45, 7) is 0.977. The zero-order valence-electron chi connectivity index (χ0n) is 14.8. The Balaban J connectivity index is 1.49. The van der Waals surface area contributed by atoms with E-state index >= 15 is 0 Å². The van der Waals surface area contributed by atoms with Gasteiger partial charge in [0.15, 0.2) is 0 Å².